The molecule has 5 nitrogen and oxygen atoms in total. The van der Waals surface area contributed by atoms with Gasteiger partial charge in [-0.25, -0.2) is 9.78 Å². The van der Waals surface area contributed by atoms with Crippen molar-refractivity contribution < 1.29 is 0 Å². The Morgan fingerprint density at radius 3 is 2.75 bits per heavy atom. The van der Waals surface area contributed by atoms with Crippen LogP contribution in [0.15, 0.2) is 28.4 Å². The zero-order chi connectivity index (χ0) is 16.7. The number of anilines is 1. The van der Waals surface area contributed by atoms with Crippen molar-refractivity contribution in [3.63, 3.8) is 0 Å². The van der Waals surface area contributed by atoms with Crippen molar-refractivity contribution in [3.8, 4) is 11.3 Å². The van der Waals surface area contributed by atoms with E-state index in [4.69, 9.17) is 4.98 Å². The van der Waals surface area contributed by atoms with Crippen molar-refractivity contribution in [3.05, 3.63) is 34.1 Å². The Morgan fingerprint density at radius 1 is 1.21 bits per heavy atom. The molecule has 4 rings (SSSR count). The zero-order valence-electron chi connectivity index (χ0n) is 14.1. The molecule has 0 amide bonds. The number of aromatic nitrogens is 3. The van der Waals surface area contributed by atoms with E-state index in [-0.39, 0.29) is 11.7 Å². The van der Waals surface area contributed by atoms with Gasteiger partial charge in [0, 0.05) is 30.1 Å². The number of para-hydroxylation sites is 1. The second kappa shape index (κ2) is 6.09. The lowest BCUT2D eigenvalue weighted by molar-refractivity contribution is 0.577. The van der Waals surface area contributed by atoms with Gasteiger partial charge in [0.1, 0.15) is 0 Å². The molecule has 1 N–H and O–H groups in total. The molecule has 1 fully saturated rings. The number of piperidine rings is 1. The van der Waals surface area contributed by atoms with Gasteiger partial charge in [-0.05, 0) is 39.2 Å². The number of rotatable bonds is 3. The van der Waals surface area contributed by atoms with E-state index in [2.05, 4.69) is 15.3 Å². The Kier molecular flexibility index (Phi) is 3.92. The van der Waals surface area contributed by atoms with Crippen LogP contribution in [0.2, 0.25) is 0 Å². The number of H-pyrrole nitrogens is 1. The molecule has 3 aromatic rings. The van der Waals surface area contributed by atoms with Crippen molar-refractivity contribution in [1.82, 2.24) is 14.5 Å². The maximum absolute atomic E-state index is 12.3. The molecular formula is C18H22N4OS. The Hall–Kier alpha value is -2.08. The standard InChI is InChI=1S/C18H22N4OS/c1-12(2)22-15-8-6-7-13(16(15)20-17(22)23)14-11-24-18(19-14)21-9-4-3-5-10-21/h6-8,11-12H,3-5,9-10H2,1-2H3,(H,20,23). The molecule has 0 bridgehead atoms. The monoisotopic (exact) mass is 342 g/mol. The molecule has 1 aliphatic heterocycles. The van der Waals surface area contributed by atoms with E-state index in [1.165, 1.54) is 19.3 Å². The van der Waals surface area contributed by atoms with Gasteiger partial charge < -0.3 is 9.88 Å². The molecule has 0 aliphatic carbocycles. The molecule has 2 aromatic heterocycles. The lowest BCUT2D eigenvalue weighted by Gasteiger charge is -2.25. The maximum atomic E-state index is 12.3. The second-order valence-electron chi connectivity index (χ2n) is 6.66. The number of nitrogens with one attached hydrogen (secondary N) is 1. The van der Waals surface area contributed by atoms with Crippen LogP contribution in [0.4, 0.5) is 5.13 Å². The molecule has 0 saturated carbocycles. The number of benzene rings is 1. The highest BCUT2D eigenvalue weighted by Crippen LogP contribution is 2.32. The van der Waals surface area contributed by atoms with E-state index in [0.29, 0.717) is 0 Å². The third-order valence-electron chi connectivity index (χ3n) is 4.66. The van der Waals surface area contributed by atoms with Crippen LogP contribution in [0.25, 0.3) is 22.3 Å². The van der Waals surface area contributed by atoms with E-state index in [1.54, 1.807) is 15.9 Å². The van der Waals surface area contributed by atoms with Crippen LogP contribution >= 0.6 is 11.3 Å². The van der Waals surface area contributed by atoms with Crippen LogP contribution in [0, 0.1) is 0 Å². The summed E-state index contributed by atoms with van der Waals surface area (Å²) in [6, 6.07) is 6.16. The summed E-state index contributed by atoms with van der Waals surface area (Å²) in [6.07, 6.45) is 3.81. The predicted octanol–water partition coefficient (Wildman–Crippen LogP) is 4.02. The van der Waals surface area contributed by atoms with Crippen molar-refractivity contribution in [2.24, 2.45) is 0 Å². The van der Waals surface area contributed by atoms with Crippen molar-refractivity contribution in [2.75, 3.05) is 18.0 Å². The molecule has 126 valence electrons. The summed E-state index contributed by atoms with van der Waals surface area (Å²) in [5.74, 6) is 0. The first-order valence-electron chi connectivity index (χ1n) is 8.59. The van der Waals surface area contributed by atoms with Gasteiger partial charge in [0.05, 0.1) is 16.7 Å². The van der Waals surface area contributed by atoms with Crippen LogP contribution < -0.4 is 10.6 Å². The molecule has 0 unspecified atom stereocenters. The topological polar surface area (TPSA) is 53.9 Å². The first kappa shape index (κ1) is 15.4. The summed E-state index contributed by atoms with van der Waals surface area (Å²) in [4.78, 5) is 22.5. The van der Waals surface area contributed by atoms with Crippen LogP contribution in [0.1, 0.15) is 39.2 Å². The molecule has 6 heteroatoms. The van der Waals surface area contributed by atoms with Crippen molar-refractivity contribution in [1.29, 1.82) is 0 Å². The summed E-state index contributed by atoms with van der Waals surface area (Å²) >= 11 is 1.69. The lowest BCUT2D eigenvalue weighted by Crippen LogP contribution is -2.29. The van der Waals surface area contributed by atoms with Gasteiger partial charge in [-0.1, -0.05) is 12.1 Å². The maximum Gasteiger partial charge on any atom is 0.326 e. The van der Waals surface area contributed by atoms with Crippen LogP contribution in [-0.4, -0.2) is 27.6 Å². The number of hydrogen-bond acceptors (Lipinski definition) is 4. The van der Waals surface area contributed by atoms with Gasteiger partial charge in [0.15, 0.2) is 5.13 Å². The number of aromatic amines is 1. The average molecular weight is 342 g/mol. The second-order valence-corrected chi connectivity index (χ2v) is 7.49. The molecule has 0 radical (unpaired) electrons. The molecule has 0 atom stereocenters. The number of thiazole rings is 1. The van der Waals surface area contributed by atoms with Crippen LogP contribution in [0.5, 0.6) is 0 Å². The fourth-order valence-electron chi connectivity index (χ4n) is 3.49. The highest BCUT2D eigenvalue weighted by Gasteiger charge is 2.18. The Labute approximate surface area is 145 Å². The Bertz CT molecular complexity index is 915. The largest absolute Gasteiger partial charge is 0.348 e. The molecule has 0 spiro atoms. The Balaban J connectivity index is 1.78. The van der Waals surface area contributed by atoms with E-state index in [0.717, 1.165) is 40.5 Å². The molecule has 3 heterocycles. The van der Waals surface area contributed by atoms with Crippen molar-refractivity contribution >= 4 is 27.5 Å². The fraction of sp³-hybridized carbons (Fsp3) is 0.444. The summed E-state index contributed by atoms with van der Waals surface area (Å²) in [7, 11) is 0. The smallest absolute Gasteiger partial charge is 0.326 e. The minimum atomic E-state index is -0.0565. The van der Waals surface area contributed by atoms with Crippen LogP contribution in [-0.2, 0) is 0 Å². The number of hydrogen-bond donors (Lipinski definition) is 1. The molecule has 24 heavy (non-hydrogen) atoms. The van der Waals surface area contributed by atoms with E-state index in [9.17, 15) is 4.79 Å². The highest BCUT2D eigenvalue weighted by molar-refractivity contribution is 7.14. The number of imidazole rings is 1. The quantitative estimate of drug-likeness (QED) is 0.782. The molecular weight excluding hydrogens is 320 g/mol. The Morgan fingerprint density at radius 2 is 2.00 bits per heavy atom. The summed E-state index contributed by atoms with van der Waals surface area (Å²) < 4.78 is 1.80. The summed E-state index contributed by atoms with van der Waals surface area (Å²) in [5.41, 5.74) is 3.72. The van der Waals surface area contributed by atoms with E-state index < -0.39 is 0 Å². The highest BCUT2D eigenvalue weighted by atomic mass is 32.1. The SMILES string of the molecule is CC(C)n1c(=O)[nH]c2c(-c3csc(N4CCCCC4)n3)cccc21. The molecule has 1 aliphatic rings. The number of nitrogens with zero attached hydrogens (tertiary/aromatic N) is 3. The predicted molar refractivity (Wildman–Crippen MR) is 100 cm³/mol. The van der Waals surface area contributed by atoms with Gasteiger partial charge in [0.2, 0.25) is 0 Å². The van der Waals surface area contributed by atoms with Gasteiger partial charge >= 0.3 is 5.69 Å². The summed E-state index contributed by atoms with van der Waals surface area (Å²) in [5, 5.41) is 3.19. The lowest BCUT2D eigenvalue weighted by atomic mass is 10.1. The number of fused-ring (bicyclic) bond motifs is 1. The first-order valence-corrected chi connectivity index (χ1v) is 9.47. The van der Waals surface area contributed by atoms with Crippen LogP contribution in [0.3, 0.4) is 0 Å². The third kappa shape index (κ3) is 2.55. The van der Waals surface area contributed by atoms with Gasteiger partial charge in [0.25, 0.3) is 0 Å². The minimum absolute atomic E-state index is 0.0565. The van der Waals surface area contributed by atoms with Gasteiger partial charge in [-0.2, -0.15) is 0 Å². The first-order chi connectivity index (χ1) is 11.6. The fourth-order valence-corrected chi connectivity index (χ4v) is 4.37. The molecule has 1 saturated heterocycles. The van der Waals surface area contributed by atoms with Gasteiger partial charge in [-0.15, -0.1) is 11.3 Å². The average Bonchev–Trinajstić information content (AvgIpc) is 3.19. The third-order valence-corrected chi connectivity index (χ3v) is 5.57. The normalized spacial score (nSPS) is 15.5. The van der Waals surface area contributed by atoms with Gasteiger partial charge in [-0.3, -0.25) is 4.57 Å². The molecule has 1 aromatic carbocycles. The van der Waals surface area contributed by atoms with E-state index in [1.807, 2.05) is 32.0 Å². The van der Waals surface area contributed by atoms with E-state index >= 15 is 0 Å². The summed E-state index contributed by atoms with van der Waals surface area (Å²) in [6.45, 7) is 6.24. The minimum Gasteiger partial charge on any atom is -0.348 e. The van der Waals surface area contributed by atoms with Crippen molar-refractivity contribution in [2.45, 2.75) is 39.2 Å². The zero-order valence-corrected chi connectivity index (χ0v) is 14.9.